The highest BCUT2D eigenvalue weighted by molar-refractivity contribution is 6.90. The van der Waals surface area contributed by atoms with E-state index in [0.29, 0.717) is 0 Å². The number of rotatable bonds is 4. The second kappa shape index (κ2) is 10.4. The predicted molar refractivity (Wildman–Crippen MR) is 192 cm³/mol. The van der Waals surface area contributed by atoms with Crippen molar-refractivity contribution >= 4 is 51.0 Å². The van der Waals surface area contributed by atoms with Crippen LogP contribution in [0.1, 0.15) is 0 Å². The van der Waals surface area contributed by atoms with Crippen LogP contribution in [-0.4, -0.2) is 11.4 Å². The average Bonchev–Trinajstić information content (AvgIpc) is 3.45. The summed E-state index contributed by atoms with van der Waals surface area (Å²) < 4.78 is 2.43. The summed E-state index contributed by atoms with van der Waals surface area (Å²) in [4.78, 5) is 2.53. The summed E-state index contributed by atoms with van der Waals surface area (Å²) in [7, 11) is 0. The molecule has 0 atom stereocenters. The molecule has 210 valence electrons. The summed E-state index contributed by atoms with van der Waals surface area (Å²) in [5, 5.41) is 2.52. The van der Waals surface area contributed by atoms with E-state index in [0.717, 1.165) is 11.4 Å². The number of anilines is 2. The first-order valence-electron chi connectivity index (χ1n) is 15.6. The molecule has 2 nitrogen and oxygen atoms in total. The number of para-hydroxylation sites is 2. The Kier molecular flexibility index (Phi) is 5.95. The van der Waals surface area contributed by atoms with Crippen LogP contribution in [0, 0.1) is 0 Å². The van der Waals surface area contributed by atoms with Gasteiger partial charge in [0.15, 0.2) is 0 Å². The van der Waals surface area contributed by atoms with Crippen molar-refractivity contribution in [1.29, 1.82) is 0 Å². The van der Waals surface area contributed by atoms with Gasteiger partial charge in [-0.3, -0.25) is 0 Å². The van der Waals surface area contributed by atoms with Gasteiger partial charge in [0.1, 0.15) is 0 Å². The summed E-state index contributed by atoms with van der Waals surface area (Å²) in [6.45, 7) is 0.0374. The van der Waals surface area contributed by atoms with Crippen molar-refractivity contribution in [2.24, 2.45) is 0 Å². The van der Waals surface area contributed by atoms with E-state index in [1.807, 2.05) is 0 Å². The van der Waals surface area contributed by atoms with E-state index in [1.54, 1.807) is 0 Å². The van der Waals surface area contributed by atoms with Crippen LogP contribution in [-0.2, 0) is 0 Å². The standard InChI is InChI=1S/C42H29BN2/c1-3-14-30(15-4-1)31-26-27-38-37-22-8-11-24-40(37)44(42(38)28-31)33-18-13-19-34(29-33)45-41-25-12-9-21-36(41)35-20-7-10-23-39(35)43(45)32-16-5-2-6-17-32/h1-29H. The number of nitrogens with zero attached hydrogens (tertiary/aromatic N) is 2. The summed E-state index contributed by atoms with van der Waals surface area (Å²) >= 11 is 0. The molecule has 2 heterocycles. The van der Waals surface area contributed by atoms with Crippen molar-refractivity contribution in [3.8, 4) is 27.9 Å². The Labute approximate surface area is 263 Å². The first-order valence-corrected chi connectivity index (χ1v) is 15.6. The third-order valence-electron chi connectivity index (χ3n) is 9.23. The minimum absolute atomic E-state index is 0.0374. The lowest BCUT2D eigenvalue weighted by Crippen LogP contribution is -2.57. The Morgan fingerprint density at radius 3 is 1.93 bits per heavy atom. The molecule has 3 heteroatoms. The first-order chi connectivity index (χ1) is 22.3. The first kappa shape index (κ1) is 25.7. The van der Waals surface area contributed by atoms with Crippen molar-refractivity contribution in [3.63, 3.8) is 0 Å². The van der Waals surface area contributed by atoms with Crippen LogP contribution < -0.4 is 15.7 Å². The van der Waals surface area contributed by atoms with E-state index >= 15 is 0 Å². The molecule has 7 aromatic carbocycles. The zero-order chi connectivity index (χ0) is 29.7. The van der Waals surface area contributed by atoms with Crippen molar-refractivity contribution in [2.45, 2.75) is 0 Å². The molecule has 0 unspecified atom stereocenters. The maximum atomic E-state index is 2.53. The molecular weight excluding hydrogens is 543 g/mol. The normalized spacial score (nSPS) is 12.4. The number of hydrogen-bond acceptors (Lipinski definition) is 1. The number of fused-ring (bicyclic) bond motifs is 6. The minimum Gasteiger partial charge on any atom is -0.376 e. The van der Waals surface area contributed by atoms with Crippen LogP contribution in [0.5, 0.6) is 0 Å². The zero-order valence-corrected chi connectivity index (χ0v) is 24.7. The maximum Gasteiger partial charge on any atom is 0.328 e. The van der Waals surface area contributed by atoms with Gasteiger partial charge < -0.3 is 9.38 Å². The topological polar surface area (TPSA) is 8.17 Å². The summed E-state index contributed by atoms with van der Waals surface area (Å²) in [5.74, 6) is 0. The third kappa shape index (κ3) is 4.12. The van der Waals surface area contributed by atoms with E-state index < -0.39 is 0 Å². The van der Waals surface area contributed by atoms with Crippen molar-refractivity contribution in [3.05, 3.63) is 176 Å². The van der Waals surface area contributed by atoms with Crippen LogP contribution in [0.3, 0.4) is 0 Å². The van der Waals surface area contributed by atoms with Crippen molar-refractivity contribution < 1.29 is 0 Å². The van der Waals surface area contributed by atoms with Gasteiger partial charge in [-0.15, -0.1) is 0 Å². The molecule has 0 amide bonds. The Hall–Kier alpha value is -5.80. The molecule has 45 heavy (non-hydrogen) atoms. The Morgan fingerprint density at radius 1 is 0.400 bits per heavy atom. The highest BCUT2D eigenvalue weighted by Crippen LogP contribution is 2.41. The SMILES string of the molecule is c1ccc(B2c3ccccc3-c3ccccc3N2c2cccc(-n3c4ccccc4c4ccc(-c5ccccc5)cc43)c2)cc1. The van der Waals surface area contributed by atoms with Gasteiger partial charge in [0.25, 0.3) is 0 Å². The number of hydrogen-bond donors (Lipinski definition) is 0. The molecular formula is C42H29BN2. The average molecular weight is 573 g/mol. The molecule has 1 aromatic heterocycles. The summed E-state index contributed by atoms with van der Waals surface area (Å²) in [6.07, 6.45) is 0. The predicted octanol–water partition coefficient (Wildman–Crippen LogP) is 9.38. The van der Waals surface area contributed by atoms with Gasteiger partial charge in [0.05, 0.1) is 11.0 Å². The van der Waals surface area contributed by atoms with E-state index in [4.69, 9.17) is 0 Å². The van der Waals surface area contributed by atoms with Crippen LogP contribution in [0.4, 0.5) is 11.4 Å². The quantitative estimate of drug-likeness (QED) is 0.191. The second-order valence-electron chi connectivity index (χ2n) is 11.8. The van der Waals surface area contributed by atoms with Gasteiger partial charge >= 0.3 is 6.85 Å². The molecule has 0 spiro atoms. The van der Waals surface area contributed by atoms with Gasteiger partial charge in [0, 0.05) is 33.4 Å². The molecule has 8 aromatic rings. The summed E-state index contributed by atoms with van der Waals surface area (Å²) in [5.41, 5.74) is 13.5. The molecule has 1 aliphatic heterocycles. The van der Waals surface area contributed by atoms with E-state index in [-0.39, 0.29) is 6.85 Å². The highest BCUT2D eigenvalue weighted by Gasteiger charge is 2.36. The van der Waals surface area contributed by atoms with Gasteiger partial charge in [0.2, 0.25) is 0 Å². The monoisotopic (exact) mass is 572 g/mol. The molecule has 0 bridgehead atoms. The Bertz CT molecular complexity index is 2340. The largest absolute Gasteiger partial charge is 0.376 e. The molecule has 0 fully saturated rings. The van der Waals surface area contributed by atoms with E-state index in [2.05, 4.69) is 185 Å². The van der Waals surface area contributed by atoms with Gasteiger partial charge in [-0.25, -0.2) is 0 Å². The third-order valence-corrected chi connectivity index (χ3v) is 9.23. The molecule has 0 aliphatic carbocycles. The fourth-order valence-electron chi connectivity index (χ4n) is 7.26. The molecule has 9 rings (SSSR count). The lowest BCUT2D eigenvalue weighted by Gasteiger charge is -2.39. The fourth-order valence-corrected chi connectivity index (χ4v) is 7.26. The second-order valence-corrected chi connectivity index (χ2v) is 11.8. The smallest absolute Gasteiger partial charge is 0.328 e. The molecule has 0 saturated carbocycles. The molecule has 0 N–H and O–H groups in total. The summed E-state index contributed by atoms with van der Waals surface area (Å²) in [6, 6.07) is 64.0. The number of aromatic nitrogens is 1. The van der Waals surface area contributed by atoms with Crippen LogP contribution in [0.15, 0.2) is 176 Å². The van der Waals surface area contributed by atoms with Crippen molar-refractivity contribution in [2.75, 3.05) is 4.81 Å². The lowest BCUT2D eigenvalue weighted by molar-refractivity contribution is 1.18. The lowest BCUT2D eigenvalue weighted by atomic mass is 9.46. The van der Waals surface area contributed by atoms with E-state index in [9.17, 15) is 0 Å². The van der Waals surface area contributed by atoms with Crippen molar-refractivity contribution in [1.82, 2.24) is 4.57 Å². The minimum atomic E-state index is 0.0374. The van der Waals surface area contributed by atoms with Gasteiger partial charge in [-0.05, 0) is 58.6 Å². The molecule has 1 aliphatic rings. The highest BCUT2D eigenvalue weighted by atomic mass is 15.1. The number of benzene rings is 7. The molecule has 0 saturated heterocycles. The maximum absolute atomic E-state index is 2.53. The van der Waals surface area contributed by atoms with Crippen LogP contribution in [0.2, 0.25) is 0 Å². The van der Waals surface area contributed by atoms with Gasteiger partial charge in [-0.1, -0.05) is 145 Å². The Morgan fingerprint density at radius 2 is 1.07 bits per heavy atom. The van der Waals surface area contributed by atoms with E-state index in [1.165, 1.54) is 60.7 Å². The zero-order valence-electron chi connectivity index (χ0n) is 24.7. The fraction of sp³-hybridized carbons (Fsp3) is 0. The Balaban J connectivity index is 1.28. The molecule has 0 radical (unpaired) electrons. The van der Waals surface area contributed by atoms with Crippen LogP contribution >= 0.6 is 0 Å². The van der Waals surface area contributed by atoms with Crippen LogP contribution in [0.25, 0.3) is 49.7 Å². The van der Waals surface area contributed by atoms with Gasteiger partial charge in [-0.2, -0.15) is 0 Å².